The van der Waals surface area contributed by atoms with Gasteiger partial charge in [-0.05, 0) is 44.9 Å². The van der Waals surface area contributed by atoms with Gasteiger partial charge in [0.15, 0.2) is 0 Å². The molecule has 3 heteroatoms. The highest BCUT2D eigenvalue weighted by Crippen LogP contribution is 2.08. The zero-order valence-corrected chi connectivity index (χ0v) is 18.1. The van der Waals surface area contributed by atoms with Crippen LogP contribution in [0.2, 0.25) is 0 Å². The lowest BCUT2D eigenvalue weighted by Crippen LogP contribution is -2.10. The van der Waals surface area contributed by atoms with Gasteiger partial charge in [-0.1, -0.05) is 76.7 Å². The lowest BCUT2D eigenvalue weighted by molar-refractivity contribution is -0.145. The molecule has 0 aromatic rings. The van der Waals surface area contributed by atoms with Crippen molar-refractivity contribution in [3.8, 4) is 0 Å². The van der Waals surface area contributed by atoms with E-state index in [1.54, 1.807) is 0 Å². The Kier molecular flexibility index (Phi) is 22.0. The van der Waals surface area contributed by atoms with Crippen LogP contribution in [0.25, 0.3) is 0 Å². The molecule has 0 heterocycles. The summed E-state index contributed by atoms with van der Waals surface area (Å²) in [6.07, 6.45) is 25.1. The SMILES string of the molecule is CCCCCC=CCC=CCCCCCCCC(=O)OCCOCCCC. The first-order valence-electron chi connectivity index (χ1n) is 11.3. The van der Waals surface area contributed by atoms with E-state index < -0.39 is 0 Å². The fourth-order valence-electron chi connectivity index (χ4n) is 2.72. The molecule has 0 aliphatic carbocycles. The molecule has 0 rings (SSSR count). The first-order chi connectivity index (χ1) is 13.3. The van der Waals surface area contributed by atoms with E-state index in [1.165, 1.54) is 51.4 Å². The zero-order valence-electron chi connectivity index (χ0n) is 18.1. The van der Waals surface area contributed by atoms with Gasteiger partial charge in [0.1, 0.15) is 6.61 Å². The van der Waals surface area contributed by atoms with Gasteiger partial charge >= 0.3 is 5.97 Å². The van der Waals surface area contributed by atoms with E-state index in [1.807, 2.05) is 0 Å². The number of unbranched alkanes of at least 4 members (excludes halogenated alkanes) is 9. The first-order valence-corrected chi connectivity index (χ1v) is 11.3. The van der Waals surface area contributed by atoms with Crippen LogP contribution in [-0.4, -0.2) is 25.8 Å². The van der Waals surface area contributed by atoms with Gasteiger partial charge < -0.3 is 9.47 Å². The van der Waals surface area contributed by atoms with Crippen LogP contribution in [0, 0.1) is 0 Å². The maximum absolute atomic E-state index is 11.6. The summed E-state index contributed by atoms with van der Waals surface area (Å²) in [5, 5.41) is 0. The molecule has 0 aliphatic rings. The van der Waals surface area contributed by atoms with Crippen LogP contribution >= 0.6 is 0 Å². The van der Waals surface area contributed by atoms with Crippen LogP contribution < -0.4 is 0 Å². The molecule has 0 bridgehead atoms. The summed E-state index contributed by atoms with van der Waals surface area (Å²) in [4.78, 5) is 11.6. The largest absolute Gasteiger partial charge is 0.463 e. The summed E-state index contributed by atoms with van der Waals surface area (Å²) < 4.78 is 10.5. The molecule has 0 N–H and O–H groups in total. The number of ether oxygens (including phenoxy) is 2. The molecule has 0 saturated heterocycles. The number of hydrogen-bond donors (Lipinski definition) is 0. The average molecular weight is 381 g/mol. The molecule has 3 nitrogen and oxygen atoms in total. The summed E-state index contributed by atoms with van der Waals surface area (Å²) in [6, 6.07) is 0. The van der Waals surface area contributed by atoms with Crippen molar-refractivity contribution in [1.82, 2.24) is 0 Å². The van der Waals surface area contributed by atoms with Crippen LogP contribution in [0.1, 0.15) is 104 Å². The molecule has 0 fully saturated rings. The Morgan fingerprint density at radius 2 is 1.30 bits per heavy atom. The summed E-state index contributed by atoms with van der Waals surface area (Å²) in [5.74, 6) is -0.0835. The molecule has 0 radical (unpaired) electrons. The van der Waals surface area contributed by atoms with E-state index in [9.17, 15) is 4.79 Å². The Hall–Kier alpha value is -1.09. The summed E-state index contributed by atoms with van der Waals surface area (Å²) >= 11 is 0. The van der Waals surface area contributed by atoms with Gasteiger partial charge in [0, 0.05) is 13.0 Å². The van der Waals surface area contributed by atoms with Crippen LogP contribution in [0.15, 0.2) is 24.3 Å². The molecule has 0 saturated carbocycles. The number of hydrogen-bond acceptors (Lipinski definition) is 3. The molecule has 158 valence electrons. The third-order valence-electron chi connectivity index (χ3n) is 4.46. The Bertz CT molecular complexity index is 361. The Labute approximate surface area is 168 Å². The molecular formula is C24H44O3. The smallest absolute Gasteiger partial charge is 0.305 e. The van der Waals surface area contributed by atoms with Gasteiger partial charge in [0.2, 0.25) is 0 Å². The predicted octanol–water partition coefficient (Wildman–Crippen LogP) is 7.16. The van der Waals surface area contributed by atoms with Crippen molar-refractivity contribution in [2.75, 3.05) is 19.8 Å². The number of rotatable bonds is 20. The van der Waals surface area contributed by atoms with E-state index in [2.05, 4.69) is 38.2 Å². The number of carbonyl (C=O) groups excluding carboxylic acids is 1. The second-order valence-electron chi connectivity index (χ2n) is 7.17. The second-order valence-corrected chi connectivity index (χ2v) is 7.17. The van der Waals surface area contributed by atoms with Crippen molar-refractivity contribution < 1.29 is 14.3 Å². The molecule has 0 amide bonds. The predicted molar refractivity (Wildman–Crippen MR) is 116 cm³/mol. The van der Waals surface area contributed by atoms with Crippen LogP contribution in [0.3, 0.4) is 0 Å². The zero-order chi connectivity index (χ0) is 19.8. The first kappa shape index (κ1) is 25.9. The number of esters is 1. The van der Waals surface area contributed by atoms with Crippen molar-refractivity contribution in [1.29, 1.82) is 0 Å². The van der Waals surface area contributed by atoms with Gasteiger partial charge in [-0.3, -0.25) is 4.79 Å². The maximum Gasteiger partial charge on any atom is 0.305 e. The molecule has 0 aliphatic heterocycles. The maximum atomic E-state index is 11.6. The van der Waals surface area contributed by atoms with Crippen molar-refractivity contribution in [3.63, 3.8) is 0 Å². The van der Waals surface area contributed by atoms with Gasteiger partial charge in [-0.2, -0.15) is 0 Å². The molecule has 27 heavy (non-hydrogen) atoms. The minimum Gasteiger partial charge on any atom is -0.463 e. The molecule has 0 spiro atoms. The molecular weight excluding hydrogens is 336 g/mol. The van der Waals surface area contributed by atoms with Gasteiger partial charge in [-0.25, -0.2) is 0 Å². The Morgan fingerprint density at radius 3 is 2.00 bits per heavy atom. The third kappa shape index (κ3) is 22.9. The highest BCUT2D eigenvalue weighted by atomic mass is 16.6. The minimum absolute atomic E-state index is 0.0835. The molecule has 0 aromatic heterocycles. The van der Waals surface area contributed by atoms with E-state index in [4.69, 9.17) is 9.47 Å². The van der Waals surface area contributed by atoms with E-state index in [-0.39, 0.29) is 5.97 Å². The molecule has 0 atom stereocenters. The van der Waals surface area contributed by atoms with Crippen molar-refractivity contribution in [3.05, 3.63) is 24.3 Å². The second kappa shape index (κ2) is 23.0. The number of carbonyl (C=O) groups is 1. The van der Waals surface area contributed by atoms with Gasteiger partial charge in [0.25, 0.3) is 0 Å². The van der Waals surface area contributed by atoms with Crippen molar-refractivity contribution >= 4 is 5.97 Å². The van der Waals surface area contributed by atoms with Crippen LogP contribution in [0.4, 0.5) is 0 Å². The quantitative estimate of drug-likeness (QED) is 0.128. The lowest BCUT2D eigenvalue weighted by atomic mass is 10.1. The summed E-state index contributed by atoms with van der Waals surface area (Å²) in [7, 11) is 0. The fourth-order valence-corrected chi connectivity index (χ4v) is 2.72. The summed E-state index contributed by atoms with van der Waals surface area (Å²) in [5.41, 5.74) is 0. The Morgan fingerprint density at radius 1 is 0.667 bits per heavy atom. The highest BCUT2D eigenvalue weighted by molar-refractivity contribution is 5.69. The Balaban J connectivity index is 3.25. The summed E-state index contributed by atoms with van der Waals surface area (Å²) in [6.45, 7) is 6.05. The molecule has 0 unspecified atom stereocenters. The lowest BCUT2D eigenvalue weighted by Gasteiger charge is -2.05. The molecule has 0 aromatic carbocycles. The monoisotopic (exact) mass is 380 g/mol. The van der Waals surface area contributed by atoms with E-state index >= 15 is 0 Å². The average Bonchev–Trinajstić information content (AvgIpc) is 2.67. The van der Waals surface area contributed by atoms with Crippen molar-refractivity contribution in [2.24, 2.45) is 0 Å². The third-order valence-corrected chi connectivity index (χ3v) is 4.46. The normalized spacial score (nSPS) is 11.6. The van der Waals surface area contributed by atoms with Gasteiger partial charge in [0.05, 0.1) is 6.61 Å². The minimum atomic E-state index is -0.0835. The van der Waals surface area contributed by atoms with Crippen molar-refractivity contribution in [2.45, 2.75) is 104 Å². The fraction of sp³-hybridized carbons (Fsp3) is 0.792. The topological polar surface area (TPSA) is 35.5 Å². The number of allylic oxidation sites excluding steroid dienone is 4. The van der Waals surface area contributed by atoms with Gasteiger partial charge in [-0.15, -0.1) is 0 Å². The van der Waals surface area contributed by atoms with E-state index in [0.717, 1.165) is 38.7 Å². The standard InChI is InChI=1S/C24H44O3/c1-3-5-7-8-9-10-11-12-13-14-15-16-17-18-19-20-24(25)27-23-22-26-21-6-4-2/h9-10,12-13H,3-8,11,14-23H2,1-2H3. The highest BCUT2D eigenvalue weighted by Gasteiger charge is 2.02. The van der Waals surface area contributed by atoms with Crippen LogP contribution in [-0.2, 0) is 14.3 Å². The van der Waals surface area contributed by atoms with E-state index in [0.29, 0.717) is 19.6 Å². The van der Waals surface area contributed by atoms with Crippen LogP contribution in [0.5, 0.6) is 0 Å².